The smallest absolute Gasteiger partial charge is 0.407 e. The number of hydrogen-bond acceptors (Lipinski definition) is 4. The van der Waals surface area contributed by atoms with Gasteiger partial charge in [-0.05, 0) is 12.8 Å². The summed E-state index contributed by atoms with van der Waals surface area (Å²) in [4.78, 5) is 22.8. The molecule has 0 aromatic rings. The van der Waals surface area contributed by atoms with Crippen molar-refractivity contribution >= 4 is 12.1 Å². The van der Waals surface area contributed by atoms with E-state index >= 15 is 0 Å². The molecule has 1 rings (SSSR count). The molecule has 1 fully saturated rings. The number of esters is 1. The lowest BCUT2D eigenvalue weighted by molar-refractivity contribution is -0.142. The zero-order chi connectivity index (χ0) is 12.0. The van der Waals surface area contributed by atoms with Gasteiger partial charge in [0.2, 0.25) is 0 Å². The Hall–Kier alpha value is -1.30. The Bertz CT molecular complexity index is 248. The van der Waals surface area contributed by atoms with Crippen LogP contribution in [0.1, 0.15) is 19.3 Å². The van der Waals surface area contributed by atoms with Crippen LogP contribution in [0, 0.1) is 0 Å². The fourth-order valence-corrected chi connectivity index (χ4v) is 1.62. The van der Waals surface area contributed by atoms with Crippen LogP contribution < -0.4 is 0 Å². The highest BCUT2D eigenvalue weighted by molar-refractivity contribution is 5.69. The van der Waals surface area contributed by atoms with E-state index in [1.54, 1.807) is 0 Å². The summed E-state index contributed by atoms with van der Waals surface area (Å²) < 4.78 is 9.95. The monoisotopic (exact) mass is 231 g/mol. The fourth-order valence-electron chi connectivity index (χ4n) is 1.62. The van der Waals surface area contributed by atoms with Crippen molar-refractivity contribution in [2.24, 2.45) is 0 Å². The Balaban J connectivity index is 2.13. The molecule has 6 nitrogen and oxygen atoms in total. The summed E-state index contributed by atoms with van der Waals surface area (Å²) in [6.45, 7) is 1.33. The second-order valence-electron chi connectivity index (χ2n) is 3.67. The first-order valence-corrected chi connectivity index (χ1v) is 5.29. The van der Waals surface area contributed by atoms with Crippen LogP contribution in [0.3, 0.4) is 0 Å². The summed E-state index contributed by atoms with van der Waals surface area (Å²) in [5.74, 6) is -0.289. The molecule has 0 aliphatic carbocycles. The number of likely N-dealkylation sites (tertiary alicyclic amines) is 1. The third kappa shape index (κ3) is 4.06. The minimum atomic E-state index is -0.881. The number of amides is 1. The van der Waals surface area contributed by atoms with E-state index in [2.05, 4.69) is 4.74 Å². The summed E-state index contributed by atoms with van der Waals surface area (Å²) in [5.41, 5.74) is 0. The number of carboxylic acid groups (broad SMARTS) is 1. The molecule has 0 bridgehead atoms. The van der Waals surface area contributed by atoms with Gasteiger partial charge in [-0.1, -0.05) is 0 Å². The summed E-state index contributed by atoms with van der Waals surface area (Å²) in [5, 5.41) is 8.73. The Morgan fingerprint density at radius 3 is 2.50 bits per heavy atom. The van der Waals surface area contributed by atoms with Gasteiger partial charge in [0.15, 0.2) is 0 Å². The molecule has 1 heterocycles. The molecular formula is C10H17NO5. The highest BCUT2D eigenvalue weighted by atomic mass is 16.5. The first-order chi connectivity index (χ1) is 7.63. The number of rotatable bonds is 4. The lowest BCUT2D eigenvalue weighted by Crippen LogP contribution is -2.40. The van der Waals surface area contributed by atoms with Crippen molar-refractivity contribution in [1.82, 2.24) is 4.90 Å². The molecule has 1 saturated heterocycles. The SMILES string of the molecule is COC(=O)CCOC1CCN(C(=O)O)CC1. The lowest BCUT2D eigenvalue weighted by Gasteiger charge is -2.29. The van der Waals surface area contributed by atoms with E-state index in [4.69, 9.17) is 9.84 Å². The van der Waals surface area contributed by atoms with Gasteiger partial charge in [-0.25, -0.2) is 4.79 Å². The third-order valence-corrected chi connectivity index (χ3v) is 2.60. The van der Waals surface area contributed by atoms with Crippen molar-refractivity contribution in [3.05, 3.63) is 0 Å². The van der Waals surface area contributed by atoms with E-state index < -0.39 is 6.09 Å². The maximum atomic E-state index is 10.8. The number of ether oxygens (including phenoxy) is 2. The van der Waals surface area contributed by atoms with Gasteiger partial charge in [0.1, 0.15) is 0 Å². The topological polar surface area (TPSA) is 76.1 Å². The molecule has 92 valence electrons. The summed E-state index contributed by atoms with van der Waals surface area (Å²) >= 11 is 0. The first kappa shape index (κ1) is 12.8. The maximum absolute atomic E-state index is 10.8. The predicted molar refractivity (Wildman–Crippen MR) is 55.2 cm³/mol. The highest BCUT2D eigenvalue weighted by Crippen LogP contribution is 2.13. The largest absolute Gasteiger partial charge is 0.469 e. The zero-order valence-electron chi connectivity index (χ0n) is 9.35. The Morgan fingerprint density at radius 1 is 1.38 bits per heavy atom. The first-order valence-electron chi connectivity index (χ1n) is 5.29. The van der Waals surface area contributed by atoms with E-state index in [9.17, 15) is 9.59 Å². The van der Waals surface area contributed by atoms with Gasteiger partial charge in [0, 0.05) is 13.1 Å². The maximum Gasteiger partial charge on any atom is 0.407 e. The normalized spacial score (nSPS) is 17.2. The second-order valence-corrected chi connectivity index (χ2v) is 3.67. The van der Waals surface area contributed by atoms with E-state index in [-0.39, 0.29) is 18.5 Å². The molecule has 0 aromatic carbocycles. The third-order valence-electron chi connectivity index (χ3n) is 2.60. The van der Waals surface area contributed by atoms with E-state index in [1.807, 2.05) is 0 Å². The molecule has 16 heavy (non-hydrogen) atoms. The number of piperidine rings is 1. The molecule has 0 spiro atoms. The Kier molecular flexibility index (Phi) is 5.04. The van der Waals surface area contributed by atoms with Gasteiger partial charge in [0.05, 0.1) is 26.2 Å². The van der Waals surface area contributed by atoms with Crippen LogP contribution in [0.2, 0.25) is 0 Å². The number of carbonyl (C=O) groups is 2. The van der Waals surface area contributed by atoms with Crippen molar-refractivity contribution in [2.45, 2.75) is 25.4 Å². The molecule has 0 aromatic heterocycles. The van der Waals surface area contributed by atoms with Crippen molar-refractivity contribution in [3.63, 3.8) is 0 Å². The number of carbonyl (C=O) groups excluding carboxylic acids is 1. The van der Waals surface area contributed by atoms with Crippen molar-refractivity contribution in [3.8, 4) is 0 Å². The van der Waals surface area contributed by atoms with Gasteiger partial charge < -0.3 is 19.5 Å². The fraction of sp³-hybridized carbons (Fsp3) is 0.800. The van der Waals surface area contributed by atoms with Crippen molar-refractivity contribution < 1.29 is 24.2 Å². The molecule has 0 unspecified atom stereocenters. The van der Waals surface area contributed by atoms with Crippen LogP contribution in [0.4, 0.5) is 4.79 Å². The molecule has 1 aliphatic heterocycles. The summed E-state index contributed by atoms with van der Waals surface area (Å²) in [6, 6.07) is 0. The quantitative estimate of drug-likeness (QED) is 0.721. The molecule has 1 N–H and O–H groups in total. The molecule has 1 aliphatic rings. The molecule has 0 saturated carbocycles. The Labute approximate surface area is 94.1 Å². The van der Waals surface area contributed by atoms with E-state index in [0.29, 0.717) is 32.5 Å². The average Bonchev–Trinajstić information content (AvgIpc) is 2.29. The highest BCUT2D eigenvalue weighted by Gasteiger charge is 2.22. The summed E-state index contributed by atoms with van der Waals surface area (Å²) in [6.07, 6.45) is 0.796. The second kappa shape index (κ2) is 6.32. The van der Waals surface area contributed by atoms with Crippen LogP contribution in [-0.2, 0) is 14.3 Å². The average molecular weight is 231 g/mol. The standard InChI is InChI=1S/C10H17NO5/c1-15-9(12)4-7-16-8-2-5-11(6-3-8)10(13)14/h8H,2-7H2,1H3,(H,13,14). The van der Waals surface area contributed by atoms with Crippen LogP contribution in [0.5, 0.6) is 0 Å². The minimum Gasteiger partial charge on any atom is -0.469 e. The Morgan fingerprint density at radius 2 is 2.00 bits per heavy atom. The van der Waals surface area contributed by atoms with Gasteiger partial charge >= 0.3 is 12.1 Å². The van der Waals surface area contributed by atoms with Crippen LogP contribution >= 0.6 is 0 Å². The molecule has 0 radical (unpaired) electrons. The van der Waals surface area contributed by atoms with Gasteiger partial charge in [-0.3, -0.25) is 4.79 Å². The molecule has 0 atom stereocenters. The van der Waals surface area contributed by atoms with Gasteiger partial charge in [-0.15, -0.1) is 0 Å². The molecular weight excluding hydrogens is 214 g/mol. The molecule has 1 amide bonds. The predicted octanol–water partition coefficient (Wildman–Crippen LogP) is 0.708. The minimum absolute atomic E-state index is 0.0558. The number of nitrogens with zero attached hydrogens (tertiary/aromatic N) is 1. The molecule has 6 heteroatoms. The van der Waals surface area contributed by atoms with Gasteiger partial charge in [-0.2, -0.15) is 0 Å². The van der Waals surface area contributed by atoms with E-state index in [1.165, 1.54) is 12.0 Å². The lowest BCUT2D eigenvalue weighted by atomic mass is 10.1. The summed E-state index contributed by atoms with van der Waals surface area (Å²) in [7, 11) is 1.34. The van der Waals surface area contributed by atoms with Crippen LogP contribution in [0.15, 0.2) is 0 Å². The zero-order valence-corrected chi connectivity index (χ0v) is 9.35. The van der Waals surface area contributed by atoms with Gasteiger partial charge in [0.25, 0.3) is 0 Å². The number of methoxy groups -OCH3 is 1. The van der Waals surface area contributed by atoms with Crippen molar-refractivity contribution in [2.75, 3.05) is 26.8 Å². The number of hydrogen-bond donors (Lipinski definition) is 1. The van der Waals surface area contributed by atoms with E-state index in [0.717, 1.165) is 0 Å². The van der Waals surface area contributed by atoms with Crippen LogP contribution in [0.25, 0.3) is 0 Å². The van der Waals surface area contributed by atoms with Crippen molar-refractivity contribution in [1.29, 1.82) is 0 Å². The van der Waals surface area contributed by atoms with Crippen LogP contribution in [-0.4, -0.2) is 55.0 Å².